The Hall–Kier alpha value is -1.75. The quantitative estimate of drug-likeness (QED) is 0.804. The third kappa shape index (κ3) is 4.74. The van der Waals surface area contributed by atoms with E-state index in [0.717, 1.165) is 0 Å². The Balaban J connectivity index is 2.77. The molecule has 0 fully saturated rings. The number of anilines is 1. The van der Waals surface area contributed by atoms with Crippen molar-refractivity contribution in [2.24, 2.45) is 11.7 Å². The number of nitrogens with two attached hydrogens (primary N) is 1. The summed E-state index contributed by atoms with van der Waals surface area (Å²) in [4.78, 5) is 12.0. The molecular weight excluding hydrogens is 256 g/mol. The van der Waals surface area contributed by atoms with Gasteiger partial charge in [0, 0.05) is 11.8 Å². The molecule has 5 nitrogen and oxygen atoms in total. The number of carbonyl (C=O) groups is 1. The van der Waals surface area contributed by atoms with Gasteiger partial charge in [-0.1, -0.05) is 13.8 Å². The van der Waals surface area contributed by atoms with Crippen LogP contribution < -0.4 is 20.5 Å². The van der Waals surface area contributed by atoms with Gasteiger partial charge in [-0.05, 0) is 31.4 Å². The fourth-order valence-electron chi connectivity index (χ4n) is 1.87. The van der Waals surface area contributed by atoms with Crippen LogP contribution in [0.3, 0.4) is 0 Å². The Kier molecular flexibility index (Phi) is 6.31. The van der Waals surface area contributed by atoms with Gasteiger partial charge in [0.15, 0.2) is 11.5 Å². The van der Waals surface area contributed by atoms with E-state index in [1.807, 2.05) is 20.8 Å². The molecule has 1 rings (SSSR count). The topological polar surface area (TPSA) is 73.6 Å². The molecular formula is C15H24N2O3. The smallest absolute Gasteiger partial charge is 0.241 e. The molecule has 3 N–H and O–H groups in total. The first-order chi connectivity index (χ1) is 9.47. The summed E-state index contributed by atoms with van der Waals surface area (Å²) in [6.45, 7) is 6.49. The molecule has 0 radical (unpaired) electrons. The van der Waals surface area contributed by atoms with Gasteiger partial charge in [0.05, 0.1) is 19.8 Å². The van der Waals surface area contributed by atoms with E-state index >= 15 is 0 Å². The molecule has 1 atom stereocenters. The molecule has 1 amide bonds. The second-order valence-electron chi connectivity index (χ2n) is 5.02. The minimum atomic E-state index is -0.507. The summed E-state index contributed by atoms with van der Waals surface area (Å²) in [7, 11) is 1.58. The zero-order valence-electron chi connectivity index (χ0n) is 12.6. The molecule has 0 bridgehead atoms. The number of nitrogens with one attached hydrogen (secondary N) is 1. The Morgan fingerprint density at radius 3 is 2.60 bits per heavy atom. The zero-order valence-corrected chi connectivity index (χ0v) is 12.6. The Morgan fingerprint density at radius 2 is 2.05 bits per heavy atom. The van der Waals surface area contributed by atoms with Gasteiger partial charge in [0.25, 0.3) is 0 Å². The average molecular weight is 280 g/mol. The van der Waals surface area contributed by atoms with Gasteiger partial charge in [-0.15, -0.1) is 0 Å². The Bertz CT molecular complexity index is 447. The molecule has 112 valence electrons. The normalized spacial score (nSPS) is 12.1. The van der Waals surface area contributed by atoms with Gasteiger partial charge in [-0.3, -0.25) is 4.79 Å². The van der Waals surface area contributed by atoms with Crippen LogP contribution in [0.25, 0.3) is 0 Å². The molecule has 0 aliphatic heterocycles. The van der Waals surface area contributed by atoms with E-state index in [1.165, 1.54) is 0 Å². The Morgan fingerprint density at radius 1 is 1.35 bits per heavy atom. The summed E-state index contributed by atoms with van der Waals surface area (Å²) in [6.07, 6.45) is 0.653. The van der Waals surface area contributed by atoms with Gasteiger partial charge in [0.1, 0.15) is 0 Å². The van der Waals surface area contributed by atoms with Crippen LogP contribution >= 0.6 is 0 Å². The largest absolute Gasteiger partial charge is 0.493 e. The minimum absolute atomic E-state index is 0.189. The van der Waals surface area contributed by atoms with Gasteiger partial charge in [0.2, 0.25) is 5.91 Å². The molecule has 0 spiro atoms. The van der Waals surface area contributed by atoms with Crippen molar-refractivity contribution in [1.82, 2.24) is 0 Å². The molecule has 0 aliphatic rings. The predicted molar refractivity (Wildman–Crippen MR) is 80.2 cm³/mol. The lowest BCUT2D eigenvalue weighted by atomic mass is 10.0. The summed E-state index contributed by atoms with van der Waals surface area (Å²) in [5.41, 5.74) is 6.50. The van der Waals surface area contributed by atoms with Gasteiger partial charge < -0.3 is 20.5 Å². The average Bonchev–Trinajstić information content (AvgIpc) is 2.38. The maximum Gasteiger partial charge on any atom is 0.241 e. The second kappa shape index (κ2) is 7.75. The monoisotopic (exact) mass is 280 g/mol. The van der Waals surface area contributed by atoms with Gasteiger partial charge in [-0.25, -0.2) is 0 Å². The van der Waals surface area contributed by atoms with Crippen molar-refractivity contribution in [3.8, 4) is 11.5 Å². The molecule has 0 aromatic heterocycles. The first-order valence-electron chi connectivity index (χ1n) is 6.85. The first kappa shape index (κ1) is 16.3. The van der Waals surface area contributed by atoms with Crippen LogP contribution in [-0.2, 0) is 4.79 Å². The van der Waals surface area contributed by atoms with Crippen molar-refractivity contribution in [3.63, 3.8) is 0 Å². The summed E-state index contributed by atoms with van der Waals surface area (Å²) >= 11 is 0. The third-order valence-electron chi connectivity index (χ3n) is 2.79. The minimum Gasteiger partial charge on any atom is -0.493 e. The van der Waals surface area contributed by atoms with Crippen LogP contribution in [0.4, 0.5) is 5.69 Å². The van der Waals surface area contributed by atoms with E-state index in [0.29, 0.717) is 36.1 Å². The molecule has 0 unspecified atom stereocenters. The molecule has 1 aromatic carbocycles. The molecule has 0 saturated carbocycles. The van der Waals surface area contributed by atoms with E-state index in [-0.39, 0.29) is 5.91 Å². The summed E-state index contributed by atoms with van der Waals surface area (Å²) in [5.74, 6) is 1.43. The van der Waals surface area contributed by atoms with Crippen LogP contribution in [0.2, 0.25) is 0 Å². The lowest BCUT2D eigenvalue weighted by molar-refractivity contribution is -0.117. The highest BCUT2D eigenvalue weighted by molar-refractivity contribution is 5.94. The van der Waals surface area contributed by atoms with Crippen molar-refractivity contribution in [2.75, 3.05) is 19.0 Å². The number of carbonyl (C=O) groups excluding carboxylic acids is 1. The third-order valence-corrected chi connectivity index (χ3v) is 2.79. The highest BCUT2D eigenvalue weighted by atomic mass is 16.5. The molecule has 1 aromatic rings. The van der Waals surface area contributed by atoms with Crippen LogP contribution in [0.15, 0.2) is 18.2 Å². The van der Waals surface area contributed by atoms with E-state index < -0.39 is 6.04 Å². The summed E-state index contributed by atoms with van der Waals surface area (Å²) in [6, 6.07) is 4.76. The molecule has 0 heterocycles. The predicted octanol–water partition coefficient (Wildman–Crippen LogP) is 2.41. The zero-order chi connectivity index (χ0) is 15.1. The van der Waals surface area contributed by atoms with E-state index in [4.69, 9.17) is 15.2 Å². The SMILES string of the molecule is CCOc1cc(NC(=O)[C@@H](N)CC(C)C)ccc1OC. The molecule has 0 aliphatic carbocycles. The van der Waals surface area contributed by atoms with Crippen LogP contribution in [0.5, 0.6) is 11.5 Å². The summed E-state index contributed by atoms with van der Waals surface area (Å²) in [5, 5.41) is 2.80. The number of hydrogen-bond donors (Lipinski definition) is 2. The number of methoxy groups -OCH3 is 1. The van der Waals surface area contributed by atoms with Crippen molar-refractivity contribution in [1.29, 1.82) is 0 Å². The van der Waals surface area contributed by atoms with Crippen molar-refractivity contribution in [3.05, 3.63) is 18.2 Å². The molecule has 5 heteroatoms. The standard InChI is InChI=1S/C15H24N2O3/c1-5-20-14-9-11(6-7-13(14)19-4)17-15(18)12(16)8-10(2)3/h6-7,9-10,12H,5,8,16H2,1-4H3,(H,17,18)/t12-/m0/s1. The highest BCUT2D eigenvalue weighted by Gasteiger charge is 2.16. The van der Waals surface area contributed by atoms with Crippen molar-refractivity contribution < 1.29 is 14.3 Å². The Labute approximate surface area is 120 Å². The summed E-state index contributed by atoms with van der Waals surface area (Å²) < 4.78 is 10.7. The van der Waals surface area contributed by atoms with Crippen LogP contribution in [0.1, 0.15) is 27.2 Å². The molecule has 20 heavy (non-hydrogen) atoms. The molecule has 0 saturated heterocycles. The van der Waals surface area contributed by atoms with E-state index in [1.54, 1.807) is 25.3 Å². The maximum absolute atomic E-state index is 12.0. The van der Waals surface area contributed by atoms with E-state index in [9.17, 15) is 4.79 Å². The fraction of sp³-hybridized carbons (Fsp3) is 0.533. The van der Waals surface area contributed by atoms with Crippen LogP contribution in [0, 0.1) is 5.92 Å². The fourth-order valence-corrected chi connectivity index (χ4v) is 1.87. The van der Waals surface area contributed by atoms with E-state index in [2.05, 4.69) is 5.32 Å². The lowest BCUT2D eigenvalue weighted by Crippen LogP contribution is -2.36. The van der Waals surface area contributed by atoms with Gasteiger partial charge >= 0.3 is 0 Å². The second-order valence-corrected chi connectivity index (χ2v) is 5.02. The van der Waals surface area contributed by atoms with Crippen LogP contribution in [-0.4, -0.2) is 25.7 Å². The van der Waals surface area contributed by atoms with Gasteiger partial charge in [-0.2, -0.15) is 0 Å². The maximum atomic E-state index is 12.0. The number of rotatable bonds is 7. The number of ether oxygens (including phenoxy) is 2. The lowest BCUT2D eigenvalue weighted by Gasteiger charge is -2.15. The number of benzene rings is 1. The first-order valence-corrected chi connectivity index (χ1v) is 6.85. The highest BCUT2D eigenvalue weighted by Crippen LogP contribution is 2.30. The number of hydrogen-bond acceptors (Lipinski definition) is 4. The van der Waals surface area contributed by atoms with Crippen molar-refractivity contribution >= 4 is 11.6 Å². The van der Waals surface area contributed by atoms with Crippen molar-refractivity contribution in [2.45, 2.75) is 33.2 Å². The number of amides is 1.